The van der Waals surface area contributed by atoms with Crippen LogP contribution in [0.5, 0.6) is 0 Å². The maximum atomic E-state index is 5.23. The van der Waals surface area contributed by atoms with Gasteiger partial charge in [-0.1, -0.05) is 72.1 Å². The molecule has 0 rings (SSSR count). The number of hydrogen-bond donors (Lipinski definition) is 0. The van der Waals surface area contributed by atoms with Crippen LogP contribution >= 0.6 is 0 Å². The van der Waals surface area contributed by atoms with Crippen LogP contribution < -0.4 is 0 Å². The molecule has 122 valence electrons. The fourth-order valence-corrected chi connectivity index (χ4v) is 2.10. The number of rotatable bonds is 16. The van der Waals surface area contributed by atoms with Crippen molar-refractivity contribution in [1.82, 2.24) is 0 Å². The minimum Gasteiger partial charge on any atom is -0.204 e. The standard InChI is InChI=1S/C16H34O4/c1-4-7-8-9-10-11-12-14-16(13-5-2)18-20-19-17-15-6-3/h16H,4-15H2,1-3H3. The van der Waals surface area contributed by atoms with Gasteiger partial charge in [-0.05, 0) is 29.3 Å². The molecule has 0 saturated heterocycles. The predicted octanol–water partition coefficient (Wildman–Crippen LogP) is 5.52. The van der Waals surface area contributed by atoms with Gasteiger partial charge in [-0.3, -0.25) is 0 Å². The van der Waals surface area contributed by atoms with Crippen molar-refractivity contribution < 1.29 is 19.9 Å². The zero-order valence-corrected chi connectivity index (χ0v) is 13.7. The Balaban J connectivity index is 3.44. The lowest BCUT2D eigenvalue weighted by atomic mass is 10.0. The van der Waals surface area contributed by atoms with Gasteiger partial charge in [0.2, 0.25) is 0 Å². The van der Waals surface area contributed by atoms with Crippen LogP contribution in [0.4, 0.5) is 0 Å². The molecule has 0 aliphatic rings. The van der Waals surface area contributed by atoms with Crippen LogP contribution in [0.1, 0.15) is 91.4 Å². The van der Waals surface area contributed by atoms with E-state index in [2.05, 4.69) is 23.9 Å². The van der Waals surface area contributed by atoms with Crippen LogP contribution in [-0.2, 0) is 19.9 Å². The molecule has 0 radical (unpaired) electrons. The first-order chi connectivity index (χ1) is 9.85. The Morgan fingerprint density at radius 3 is 2.00 bits per heavy atom. The van der Waals surface area contributed by atoms with Crippen molar-refractivity contribution in [2.75, 3.05) is 6.61 Å². The molecule has 1 atom stereocenters. The molecule has 0 aliphatic heterocycles. The summed E-state index contributed by atoms with van der Waals surface area (Å²) in [5.74, 6) is 0. The molecule has 4 nitrogen and oxygen atoms in total. The van der Waals surface area contributed by atoms with E-state index < -0.39 is 0 Å². The van der Waals surface area contributed by atoms with E-state index in [1.807, 2.05) is 6.92 Å². The highest BCUT2D eigenvalue weighted by molar-refractivity contribution is 4.56. The maximum Gasteiger partial charge on any atom is 0.0962 e. The quantitative estimate of drug-likeness (QED) is 0.213. The summed E-state index contributed by atoms with van der Waals surface area (Å²) in [6, 6.07) is 0. The van der Waals surface area contributed by atoms with Crippen molar-refractivity contribution in [3.8, 4) is 0 Å². The van der Waals surface area contributed by atoms with Crippen molar-refractivity contribution in [1.29, 1.82) is 0 Å². The van der Waals surface area contributed by atoms with Gasteiger partial charge in [-0.15, -0.1) is 0 Å². The van der Waals surface area contributed by atoms with Crippen LogP contribution in [0.25, 0.3) is 0 Å². The van der Waals surface area contributed by atoms with Crippen LogP contribution in [0.15, 0.2) is 0 Å². The van der Waals surface area contributed by atoms with Crippen molar-refractivity contribution in [3.05, 3.63) is 0 Å². The van der Waals surface area contributed by atoms with Crippen molar-refractivity contribution in [3.63, 3.8) is 0 Å². The Morgan fingerprint density at radius 2 is 1.35 bits per heavy atom. The first-order valence-electron chi connectivity index (χ1n) is 8.46. The molecule has 0 fully saturated rings. The second kappa shape index (κ2) is 16.9. The van der Waals surface area contributed by atoms with Gasteiger partial charge in [0.15, 0.2) is 0 Å². The number of unbranched alkanes of at least 4 members (excludes halogenated alkanes) is 6. The SMILES string of the molecule is CCCCCCCCCC(CCC)OOOOCCC. The first kappa shape index (κ1) is 19.8. The van der Waals surface area contributed by atoms with Gasteiger partial charge in [0.1, 0.15) is 0 Å². The summed E-state index contributed by atoms with van der Waals surface area (Å²) in [5, 5.41) is 9.14. The maximum absolute atomic E-state index is 5.23. The van der Waals surface area contributed by atoms with E-state index in [-0.39, 0.29) is 6.10 Å². The van der Waals surface area contributed by atoms with Crippen molar-refractivity contribution in [2.45, 2.75) is 97.5 Å². The average Bonchev–Trinajstić information content (AvgIpc) is 2.46. The van der Waals surface area contributed by atoms with E-state index in [4.69, 9.17) is 9.78 Å². The second-order valence-corrected chi connectivity index (χ2v) is 5.37. The van der Waals surface area contributed by atoms with Gasteiger partial charge < -0.3 is 0 Å². The Kier molecular flexibility index (Phi) is 16.8. The summed E-state index contributed by atoms with van der Waals surface area (Å²) < 4.78 is 0. The smallest absolute Gasteiger partial charge is 0.0962 e. The zero-order chi connectivity index (χ0) is 14.9. The van der Waals surface area contributed by atoms with Crippen molar-refractivity contribution in [2.24, 2.45) is 0 Å². The molecule has 20 heavy (non-hydrogen) atoms. The van der Waals surface area contributed by atoms with Crippen LogP contribution in [0.2, 0.25) is 0 Å². The molecule has 0 heterocycles. The van der Waals surface area contributed by atoms with Crippen LogP contribution in [0, 0.1) is 0 Å². The Hall–Kier alpha value is -0.160. The third-order valence-corrected chi connectivity index (χ3v) is 3.28. The van der Waals surface area contributed by atoms with Gasteiger partial charge in [0.25, 0.3) is 0 Å². The largest absolute Gasteiger partial charge is 0.204 e. The molecule has 0 saturated carbocycles. The lowest BCUT2D eigenvalue weighted by molar-refractivity contribution is -0.642. The third kappa shape index (κ3) is 14.3. The van der Waals surface area contributed by atoms with Gasteiger partial charge in [-0.25, -0.2) is 9.78 Å². The molecule has 0 aromatic rings. The molecule has 0 aromatic carbocycles. The fraction of sp³-hybridized carbons (Fsp3) is 1.00. The minimum atomic E-state index is 0.112. The van der Waals surface area contributed by atoms with Gasteiger partial charge in [0, 0.05) is 0 Å². The molecule has 0 aromatic heterocycles. The van der Waals surface area contributed by atoms with E-state index in [1.165, 1.54) is 44.9 Å². The van der Waals surface area contributed by atoms with Gasteiger partial charge >= 0.3 is 0 Å². The second-order valence-electron chi connectivity index (χ2n) is 5.37. The first-order valence-corrected chi connectivity index (χ1v) is 8.46. The summed E-state index contributed by atoms with van der Waals surface area (Å²) in [6.45, 7) is 6.92. The zero-order valence-electron chi connectivity index (χ0n) is 13.7. The summed E-state index contributed by atoms with van der Waals surface area (Å²) >= 11 is 0. The van der Waals surface area contributed by atoms with Crippen LogP contribution in [-0.4, -0.2) is 12.7 Å². The average molecular weight is 290 g/mol. The summed E-state index contributed by atoms with van der Waals surface area (Å²) in [4.78, 5) is 9.97. The van der Waals surface area contributed by atoms with E-state index >= 15 is 0 Å². The molecular weight excluding hydrogens is 256 g/mol. The van der Waals surface area contributed by atoms with E-state index in [9.17, 15) is 0 Å². The highest BCUT2D eigenvalue weighted by Gasteiger charge is 2.10. The van der Waals surface area contributed by atoms with E-state index in [0.717, 1.165) is 25.7 Å². The highest BCUT2D eigenvalue weighted by atomic mass is 17.7. The monoisotopic (exact) mass is 290 g/mol. The minimum absolute atomic E-state index is 0.112. The molecule has 0 bridgehead atoms. The lowest BCUT2D eigenvalue weighted by Gasteiger charge is -2.14. The van der Waals surface area contributed by atoms with Crippen molar-refractivity contribution >= 4 is 0 Å². The third-order valence-electron chi connectivity index (χ3n) is 3.28. The normalized spacial score (nSPS) is 12.8. The van der Waals surface area contributed by atoms with Gasteiger partial charge in [-0.2, -0.15) is 0 Å². The molecule has 4 heteroatoms. The molecule has 1 unspecified atom stereocenters. The fourth-order valence-electron chi connectivity index (χ4n) is 2.10. The molecule has 0 spiro atoms. The summed E-state index contributed by atoms with van der Waals surface area (Å²) in [6.07, 6.45) is 13.3. The molecule has 0 N–H and O–H groups in total. The van der Waals surface area contributed by atoms with Crippen LogP contribution in [0.3, 0.4) is 0 Å². The predicted molar refractivity (Wildman–Crippen MR) is 80.8 cm³/mol. The molecule has 0 amide bonds. The Bertz CT molecular complexity index is 176. The summed E-state index contributed by atoms with van der Waals surface area (Å²) in [5.41, 5.74) is 0. The van der Waals surface area contributed by atoms with Gasteiger partial charge in [0.05, 0.1) is 12.7 Å². The number of hydrogen-bond acceptors (Lipinski definition) is 4. The Labute approximate surface area is 124 Å². The highest BCUT2D eigenvalue weighted by Crippen LogP contribution is 2.14. The summed E-state index contributed by atoms with van der Waals surface area (Å²) in [7, 11) is 0. The molecular formula is C16H34O4. The topological polar surface area (TPSA) is 36.9 Å². The molecule has 0 aliphatic carbocycles. The van der Waals surface area contributed by atoms with E-state index in [1.54, 1.807) is 0 Å². The van der Waals surface area contributed by atoms with E-state index in [0.29, 0.717) is 6.61 Å². The lowest BCUT2D eigenvalue weighted by Crippen LogP contribution is -2.14. The Morgan fingerprint density at radius 1 is 0.650 bits per heavy atom.